The Labute approximate surface area is 122 Å². The SMILES string of the molecule is CC(C)(C)OC(=O)N1CCS(=O)[C@H](c2ccccc2)C1. The molecule has 1 amide bonds. The molecule has 0 aliphatic carbocycles. The number of amides is 1. The topological polar surface area (TPSA) is 46.6 Å². The molecule has 5 heteroatoms. The third kappa shape index (κ3) is 3.82. The van der Waals surface area contributed by atoms with Gasteiger partial charge in [-0.15, -0.1) is 0 Å². The van der Waals surface area contributed by atoms with Crippen molar-refractivity contribution in [1.29, 1.82) is 0 Å². The summed E-state index contributed by atoms with van der Waals surface area (Å²) in [5, 5.41) is -0.127. The first kappa shape index (κ1) is 15.0. The van der Waals surface area contributed by atoms with Crippen molar-refractivity contribution in [2.45, 2.75) is 31.6 Å². The molecular formula is C15H21NO3S. The van der Waals surface area contributed by atoms with Crippen molar-refractivity contribution in [3.05, 3.63) is 35.9 Å². The quantitative estimate of drug-likeness (QED) is 0.800. The fourth-order valence-electron chi connectivity index (χ4n) is 2.13. The van der Waals surface area contributed by atoms with Gasteiger partial charge >= 0.3 is 6.09 Å². The zero-order valence-electron chi connectivity index (χ0n) is 12.2. The summed E-state index contributed by atoms with van der Waals surface area (Å²) in [6.45, 7) is 6.49. The van der Waals surface area contributed by atoms with Crippen LogP contribution in [0.3, 0.4) is 0 Å². The Balaban J connectivity index is 2.09. The molecule has 110 valence electrons. The number of rotatable bonds is 1. The van der Waals surface area contributed by atoms with E-state index in [0.29, 0.717) is 18.8 Å². The Bertz CT molecular complexity index is 496. The molecule has 2 rings (SSSR count). The van der Waals surface area contributed by atoms with Crippen molar-refractivity contribution in [1.82, 2.24) is 4.90 Å². The van der Waals surface area contributed by atoms with Gasteiger partial charge in [0, 0.05) is 29.6 Å². The van der Waals surface area contributed by atoms with E-state index in [1.807, 2.05) is 51.1 Å². The molecule has 1 heterocycles. The van der Waals surface area contributed by atoms with Gasteiger partial charge in [-0.2, -0.15) is 0 Å². The molecule has 2 atom stereocenters. The molecule has 1 aromatic carbocycles. The van der Waals surface area contributed by atoms with Crippen molar-refractivity contribution >= 4 is 16.9 Å². The highest BCUT2D eigenvalue weighted by molar-refractivity contribution is 7.85. The van der Waals surface area contributed by atoms with Gasteiger partial charge in [0.15, 0.2) is 0 Å². The molecule has 1 saturated heterocycles. The van der Waals surface area contributed by atoms with Gasteiger partial charge in [0.2, 0.25) is 0 Å². The molecule has 0 radical (unpaired) electrons. The molecule has 0 saturated carbocycles. The van der Waals surface area contributed by atoms with Crippen LogP contribution in [0.25, 0.3) is 0 Å². The zero-order chi connectivity index (χ0) is 14.8. The predicted molar refractivity (Wildman–Crippen MR) is 80.0 cm³/mol. The van der Waals surface area contributed by atoms with E-state index in [4.69, 9.17) is 4.74 Å². The van der Waals surface area contributed by atoms with Gasteiger partial charge in [-0.05, 0) is 26.3 Å². The summed E-state index contributed by atoms with van der Waals surface area (Å²) < 4.78 is 17.6. The Hall–Kier alpha value is -1.36. The molecule has 1 unspecified atom stereocenters. The Morgan fingerprint density at radius 3 is 2.55 bits per heavy atom. The molecule has 1 aliphatic heterocycles. The van der Waals surface area contributed by atoms with E-state index in [1.54, 1.807) is 4.90 Å². The molecule has 0 N–H and O–H groups in total. The van der Waals surface area contributed by atoms with Crippen LogP contribution in [0.1, 0.15) is 31.6 Å². The van der Waals surface area contributed by atoms with Crippen LogP contribution in [0, 0.1) is 0 Å². The van der Waals surface area contributed by atoms with E-state index in [1.165, 1.54) is 0 Å². The summed E-state index contributed by atoms with van der Waals surface area (Å²) in [6, 6.07) is 9.71. The first-order valence-electron chi connectivity index (χ1n) is 6.77. The molecule has 20 heavy (non-hydrogen) atoms. The average Bonchev–Trinajstić information content (AvgIpc) is 2.38. The van der Waals surface area contributed by atoms with Crippen LogP contribution in [0.15, 0.2) is 30.3 Å². The third-order valence-electron chi connectivity index (χ3n) is 3.09. The van der Waals surface area contributed by atoms with Crippen molar-refractivity contribution in [3.63, 3.8) is 0 Å². The van der Waals surface area contributed by atoms with E-state index < -0.39 is 16.4 Å². The second kappa shape index (κ2) is 5.95. The van der Waals surface area contributed by atoms with Crippen LogP contribution in [0.5, 0.6) is 0 Å². The lowest BCUT2D eigenvalue weighted by molar-refractivity contribution is 0.0255. The van der Waals surface area contributed by atoms with Crippen LogP contribution >= 0.6 is 0 Å². The zero-order valence-corrected chi connectivity index (χ0v) is 13.0. The number of nitrogens with zero attached hydrogens (tertiary/aromatic N) is 1. The first-order chi connectivity index (χ1) is 9.37. The van der Waals surface area contributed by atoms with Gasteiger partial charge in [-0.25, -0.2) is 4.79 Å². The molecule has 1 fully saturated rings. The Morgan fingerprint density at radius 2 is 1.95 bits per heavy atom. The Morgan fingerprint density at radius 1 is 1.30 bits per heavy atom. The Kier molecular flexibility index (Phi) is 4.48. The van der Waals surface area contributed by atoms with Crippen LogP contribution in [-0.4, -0.2) is 39.6 Å². The number of ether oxygens (including phenoxy) is 1. The van der Waals surface area contributed by atoms with E-state index in [2.05, 4.69) is 0 Å². The number of benzene rings is 1. The van der Waals surface area contributed by atoms with Crippen molar-refractivity contribution in [2.24, 2.45) is 0 Å². The number of hydrogen-bond acceptors (Lipinski definition) is 3. The highest BCUT2D eigenvalue weighted by Crippen LogP contribution is 2.25. The van der Waals surface area contributed by atoms with Crippen LogP contribution in [0.2, 0.25) is 0 Å². The van der Waals surface area contributed by atoms with Crippen LogP contribution in [-0.2, 0) is 15.5 Å². The summed E-state index contributed by atoms with van der Waals surface area (Å²) in [7, 11) is -0.939. The minimum atomic E-state index is -0.939. The van der Waals surface area contributed by atoms with Gasteiger partial charge in [0.25, 0.3) is 0 Å². The molecule has 0 spiro atoms. The van der Waals surface area contributed by atoms with E-state index in [-0.39, 0.29) is 11.3 Å². The van der Waals surface area contributed by atoms with Crippen molar-refractivity contribution in [3.8, 4) is 0 Å². The van der Waals surface area contributed by atoms with Gasteiger partial charge in [0.1, 0.15) is 5.60 Å². The lowest BCUT2D eigenvalue weighted by Crippen LogP contribution is -2.45. The van der Waals surface area contributed by atoms with E-state index in [9.17, 15) is 9.00 Å². The second-order valence-electron chi connectivity index (χ2n) is 5.91. The predicted octanol–water partition coefficient (Wildman–Crippen LogP) is 2.73. The lowest BCUT2D eigenvalue weighted by Gasteiger charge is -2.33. The summed E-state index contributed by atoms with van der Waals surface area (Å²) in [5.74, 6) is 0.499. The van der Waals surface area contributed by atoms with E-state index >= 15 is 0 Å². The second-order valence-corrected chi connectivity index (χ2v) is 7.65. The van der Waals surface area contributed by atoms with Crippen LogP contribution < -0.4 is 0 Å². The van der Waals surface area contributed by atoms with Gasteiger partial charge in [-0.1, -0.05) is 30.3 Å². The molecule has 4 nitrogen and oxygen atoms in total. The fraction of sp³-hybridized carbons (Fsp3) is 0.533. The summed E-state index contributed by atoms with van der Waals surface area (Å²) >= 11 is 0. The largest absolute Gasteiger partial charge is 0.444 e. The number of carbonyl (C=O) groups is 1. The third-order valence-corrected chi connectivity index (χ3v) is 4.73. The first-order valence-corrected chi connectivity index (χ1v) is 8.15. The molecule has 1 aliphatic rings. The van der Waals surface area contributed by atoms with Crippen molar-refractivity contribution in [2.75, 3.05) is 18.8 Å². The molecule has 1 aromatic rings. The average molecular weight is 295 g/mol. The normalized spacial score (nSPS) is 23.4. The maximum absolute atomic E-state index is 12.2. The standard InChI is InChI=1S/C15H21NO3S/c1-15(2,3)19-14(17)16-9-10-20(18)13(11-16)12-7-5-4-6-8-12/h4-8,13H,9-11H2,1-3H3/t13-,20?/m0/s1. The van der Waals surface area contributed by atoms with Crippen molar-refractivity contribution < 1.29 is 13.7 Å². The lowest BCUT2D eigenvalue weighted by atomic mass is 10.1. The summed E-state index contributed by atoms with van der Waals surface area (Å²) in [4.78, 5) is 13.8. The van der Waals surface area contributed by atoms with E-state index in [0.717, 1.165) is 5.56 Å². The number of carbonyl (C=O) groups excluding carboxylic acids is 1. The van der Waals surface area contributed by atoms with Gasteiger partial charge in [0.05, 0.1) is 5.25 Å². The molecule has 0 aromatic heterocycles. The highest BCUT2D eigenvalue weighted by Gasteiger charge is 2.32. The highest BCUT2D eigenvalue weighted by atomic mass is 32.2. The summed E-state index contributed by atoms with van der Waals surface area (Å²) in [6.07, 6.45) is -0.324. The minimum absolute atomic E-state index is 0.127. The smallest absolute Gasteiger partial charge is 0.410 e. The van der Waals surface area contributed by atoms with Crippen LogP contribution in [0.4, 0.5) is 4.79 Å². The fourth-order valence-corrected chi connectivity index (χ4v) is 3.63. The molecule has 0 bridgehead atoms. The van der Waals surface area contributed by atoms with Gasteiger partial charge in [-0.3, -0.25) is 4.21 Å². The summed E-state index contributed by atoms with van der Waals surface area (Å²) in [5.41, 5.74) is 0.509. The number of hydrogen-bond donors (Lipinski definition) is 0. The maximum atomic E-state index is 12.2. The monoisotopic (exact) mass is 295 g/mol. The molecular weight excluding hydrogens is 274 g/mol. The van der Waals surface area contributed by atoms with Gasteiger partial charge < -0.3 is 9.64 Å². The minimum Gasteiger partial charge on any atom is -0.444 e. The maximum Gasteiger partial charge on any atom is 0.410 e.